The maximum absolute atomic E-state index is 12.2. The highest BCUT2D eigenvalue weighted by molar-refractivity contribution is 6.18. The van der Waals surface area contributed by atoms with Gasteiger partial charge in [-0.15, -0.1) is 35.6 Å². The number of benzene rings is 1. The molecular weight excluding hydrogens is 379 g/mol. The van der Waals surface area contributed by atoms with Gasteiger partial charge in [0.2, 0.25) is 11.7 Å². The van der Waals surface area contributed by atoms with E-state index in [4.69, 9.17) is 37.4 Å². The first-order chi connectivity index (χ1) is 11.1. The molecule has 1 aromatic carbocycles. The maximum Gasteiger partial charge on any atom is 0.238 e. The van der Waals surface area contributed by atoms with Crippen LogP contribution in [0.2, 0.25) is 0 Å². The number of amides is 1. The Balaban J connectivity index is 0.00000529. The number of carbonyl (C=O) groups excluding carboxylic acids is 1. The Morgan fingerprint density at radius 3 is 1.92 bits per heavy atom. The van der Waals surface area contributed by atoms with Crippen molar-refractivity contribution < 1.29 is 19.0 Å². The summed E-state index contributed by atoms with van der Waals surface area (Å²) in [6, 6.07) is 3.35. The minimum absolute atomic E-state index is 0. The van der Waals surface area contributed by atoms with Gasteiger partial charge < -0.3 is 19.5 Å². The van der Waals surface area contributed by atoms with Gasteiger partial charge in [0.1, 0.15) is 0 Å². The molecule has 0 saturated heterocycles. The van der Waals surface area contributed by atoms with Crippen molar-refractivity contribution in [3.8, 4) is 17.2 Å². The number of ether oxygens (including phenoxy) is 3. The molecule has 1 amide bonds. The first-order valence-corrected chi connectivity index (χ1v) is 8.10. The third-order valence-corrected chi connectivity index (χ3v) is 3.46. The zero-order valence-corrected chi connectivity index (χ0v) is 16.3. The number of nitrogens with zero attached hydrogens (tertiary/aromatic N) is 1. The van der Waals surface area contributed by atoms with Crippen LogP contribution in [-0.4, -0.2) is 63.5 Å². The van der Waals surface area contributed by atoms with Gasteiger partial charge in [0.05, 0.1) is 27.9 Å². The molecule has 0 atom stereocenters. The number of hydrogen-bond acceptors (Lipinski definition) is 5. The molecule has 0 aromatic heterocycles. The second-order valence-corrected chi connectivity index (χ2v) is 5.37. The van der Waals surface area contributed by atoms with Crippen LogP contribution in [0.15, 0.2) is 12.1 Å². The van der Waals surface area contributed by atoms with Crippen LogP contribution >= 0.6 is 35.6 Å². The van der Waals surface area contributed by atoms with Crippen molar-refractivity contribution in [2.45, 2.75) is 0 Å². The molecule has 0 radical (unpaired) electrons. The van der Waals surface area contributed by atoms with Crippen LogP contribution in [-0.2, 0) is 4.79 Å². The molecule has 0 aliphatic heterocycles. The molecule has 0 aliphatic rings. The van der Waals surface area contributed by atoms with Crippen LogP contribution in [0.3, 0.4) is 0 Å². The second-order valence-electron chi connectivity index (χ2n) is 4.62. The van der Waals surface area contributed by atoms with Gasteiger partial charge >= 0.3 is 0 Å². The van der Waals surface area contributed by atoms with E-state index < -0.39 is 0 Å². The van der Waals surface area contributed by atoms with Gasteiger partial charge in [-0.05, 0) is 0 Å². The summed E-state index contributed by atoms with van der Waals surface area (Å²) in [5, 5.41) is 2.81. The molecule has 0 bridgehead atoms. The second kappa shape index (κ2) is 12.3. The first kappa shape index (κ1) is 22.9. The van der Waals surface area contributed by atoms with Gasteiger partial charge in [-0.1, -0.05) is 0 Å². The fourth-order valence-corrected chi connectivity index (χ4v) is 2.54. The van der Waals surface area contributed by atoms with Gasteiger partial charge in [0.25, 0.3) is 0 Å². The summed E-state index contributed by atoms with van der Waals surface area (Å²) < 4.78 is 15.8. The summed E-state index contributed by atoms with van der Waals surface area (Å²) in [5.74, 6) is 2.12. The highest BCUT2D eigenvalue weighted by Crippen LogP contribution is 2.39. The molecule has 0 heterocycles. The lowest BCUT2D eigenvalue weighted by molar-refractivity contribution is -0.117. The van der Waals surface area contributed by atoms with Crippen LogP contribution in [0.1, 0.15) is 0 Å². The summed E-state index contributed by atoms with van der Waals surface area (Å²) in [7, 11) is 4.56. The maximum atomic E-state index is 12.2. The quantitative estimate of drug-likeness (QED) is 0.611. The lowest BCUT2D eigenvalue weighted by Crippen LogP contribution is -2.35. The first-order valence-electron chi connectivity index (χ1n) is 7.03. The average Bonchev–Trinajstić information content (AvgIpc) is 2.54. The number of anilines is 1. The number of alkyl halides is 2. The lowest BCUT2D eigenvalue weighted by Gasteiger charge is -2.20. The number of carbonyl (C=O) groups is 1. The SMILES string of the molecule is COc1cc(NC(=O)CN(CCCl)CCCl)cc(OC)c1OC.Cl. The Morgan fingerprint density at radius 1 is 1.04 bits per heavy atom. The van der Waals surface area contributed by atoms with Crippen LogP contribution in [0, 0.1) is 0 Å². The summed E-state index contributed by atoms with van der Waals surface area (Å²) in [6.07, 6.45) is 0. The predicted octanol–water partition coefficient (Wildman–Crippen LogP) is 2.85. The Morgan fingerprint density at radius 2 is 1.54 bits per heavy atom. The van der Waals surface area contributed by atoms with Gasteiger partial charge in [-0.3, -0.25) is 9.69 Å². The topological polar surface area (TPSA) is 60.0 Å². The third kappa shape index (κ3) is 6.81. The Labute approximate surface area is 158 Å². The van der Waals surface area contributed by atoms with Crippen molar-refractivity contribution in [3.05, 3.63) is 12.1 Å². The minimum atomic E-state index is -0.172. The number of hydrogen-bond donors (Lipinski definition) is 1. The van der Waals surface area contributed by atoms with E-state index in [9.17, 15) is 4.79 Å². The largest absolute Gasteiger partial charge is 0.493 e. The number of rotatable bonds is 10. The molecule has 24 heavy (non-hydrogen) atoms. The van der Waals surface area contributed by atoms with E-state index in [0.717, 1.165) is 0 Å². The van der Waals surface area contributed by atoms with Crippen molar-refractivity contribution >= 4 is 47.2 Å². The van der Waals surface area contributed by atoms with Crippen LogP contribution in [0.4, 0.5) is 5.69 Å². The lowest BCUT2D eigenvalue weighted by atomic mass is 10.2. The molecule has 0 saturated carbocycles. The molecule has 1 rings (SSSR count). The summed E-state index contributed by atoms with van der Waals surface area (Å²) >= 11 is 11.4. The zero-order chi connectivity index (χ0) is 17.2. The minimum Gasteiger partial charge on any atom is -0.493 e. The Bertz CT molecular complexity index is 486. The summed E-state index contributed by atoms with van der Waals surface area (Å²) in [6.45, 7) is 1.39. The molecule has 0 fully saturated rings. The molecule has 9 heteroatoms. The van der Waals surface area contributed by atoms with Crippen LogP contribution < -0.4 is 19.5 Å². The van der Waals surface area contributed by atoms with Crippen molar-refractivity contribution in [1.29, 1.82) is 0 Å². The van der Waals surface area contributed by atoms with E-state index in [-0.39, 0.29) is 24.9 Å². The highest BCUT2D eigenvalue weighted by Gasteiger charge is 2.15. The molecule has 1 aromatic rings. The van der Waals surface area contributed by atoms with Gasteiger partial charge in [0.15, 0.2) is 11.5 Å². The smallest absolute Gasteiger partial charge is 0.238 e. The highest BCUT2D eigenvalue weighted by atomic mass is 35.5. The number of halogens is 3. The molecule has 138 valence electrons. The van der Waals surface area contributed by atoms with Crippen molar-refractivity contribution in [3.63, 3.8) is 0 Å². The fourth-order valence-electron chi connectivity index (χ4n) is 2.07. The fraction of sp³-hybridized carbons (Fsp3) is 0.533. The van der Waals surface area contributed by atoms with E-state index in [1.807, 2.05) is 4.90 Å². The van der Waals surface area contributed by atoms with Crippen LogP contribution in [0.5, 0.6) is 17.2 Å². The van der Waals surface area contributed by atoms with Gasteiger partial charge in [-0.25, -0.2) is 0 Å². The predicted molar refractivity (Wildman–Crippen MR) is 99.9 cm³/mol. The molecule has 1 N–H and O–H groups in total. The Hall–Kier alpha value is -1.08. The van der Waals surface area contributed by atoms with E-state index in [0.29, 0.717) is 47.8 Å². The summed E-state index contributed by atoms with van der Waals surface area (Å²) in [5.41, 5.74) is 0.557. The van der Waals surface area contributed by atoms with E-state index >= 15 is 0 Å². The van der Waals surface area contributed by atoms with Gasteiger partial charge in [0, 0.05) is 42.7 Å². The van der Waals surface area contributed by atoms with Gasteiger partial charge in [-0.2, -0.15) is 0 Å². The van der Waals surface area contributed by atoms with Crippen molar-refractivity contribution in [2.75, 3.05) is 58.0 Å². The van der Waals surface area contributed by atoms with E-state index in [1.54, 1.807) is 12.1 Å². The molecule has 6 nitrogen and oxygen atoms in total. The average molecular weight is 402 g/mol. The molecular formula is C15H23Cl3N2O4. The van der Waals surface area contributed by atoms with Crippen LogP contribution in [0.25, 0.3) is 0 Å². The molecule has 0 aliphatic carbocycles. The number of nitrogens with one attached hydrogen (secondary N) is 1. The Kier molecular flexibility index (Phi) is 11.8. The molecule has 0 unspecified atom stereocenters. The standard InChI is InChI=1S/C15H22Cl2N2O4.ClH/c1-21-12-8-11(9-13(22-2)15(12)23-3)18-14(20)10-19(6-4-16)7-5-17;/h8-9H,4-7,10H2,1-3H3,(H,18,20);1H. The van der Waals surface area contributed by atoms with E-state index in [1.165, 1.54) is 21.3 Å². The number of methoxy groups -OCH3 is 3. The van der Waals surface area contributed by atoms with E-state index in [2.05, 4.69) is 5.32 Å². The van der Waals surface area contributed by atoms with Crippen molar-refractivity contribution in [1.82, 2.24) is 4.90 Å². The molecule has 0 spiro atoms. The monoisotopic (exact) mass is 400 g/mol. The normalized spacial score (nSPS) is 10.1. The zero-order valence-electron chi connectivity index (χ0n) is 13.9. The van der Waals surface area contributed by atoms with Crippen molar-refractivity contribution in [2.24, 2.45) is 0 Å². The third-order valence-electron chi connectivity index (χ3n) is 3.12. The summed E-state index contributed by atoms with van der Waals surface area (Å²) in [4.78, 5) is 14.1.